The fourth-order valence-electron chi connectivity index (χ4n) is 2.75. The summed E-state index contributed by atoms with van der Waals surface area (Å²) in [5, 5.41) is 7.15. The van der Waals surface area contributed by atoms with Gasteiger partial charge in [-0.15, -0.1) is 0 Å². The molecule has 0 atom stereocenters. The van der Waals surface area contributed by atoms with E-state index < -0.39 is 0 Å². The molecule has 6 heteroatoms. The van der Waals surface area contributed by atoms with Crippen molar-refractivity contribution >= 4 is 17.5 Å². The van der Waals surface area contributed by atoms with Crippen molar-refractivity contribution in [3.63, 3.8) is 0 Å². The third-order valence-electron chi connectivity index (χ3n) is 4.20. The summed E-state index contributed by atoms with van der Waals surface area (Å²) in [5.74, 6) is -0.419. The smallest absolute Gasteiger partial charge is 0.257 e. The zero-order chi connectivity index (χ0) is 18.0. The molecular formula is C18H24N4O2. The van der Waals surface area contributed by atoms with Gasteiger partial charge in [0.25, 0.3) is 5.91 Å². The summed E-state index contributed by atoms with van der Waals surface area (Å²) in [4.78, 5) is 26.3. The van der Waals surface area contributed by atoms with Gasteiger partial charge in [0, 0.05) is 25.5 Å². The molecule has 0 fully saturated rings. The van der Waals surface area contributed by atoms with Crippen LogP contribution < -0.4 is 5.32 Å². The Hall–Kier alpha value is -2.63. The summed E-state index contributed by atoms with van der Waals surface area (Å²) >= 11 is 0. The second-order valence-electron chi connectivity index (χ2n) is 6.15. The second kappa shape index (κ2) is 6.86. The highest BCUT2D eigenvalue weighted by Crippen LogP contribution is 2.19. The predicted molar refractivity (Wildman–Crippen MR) is 94.2 cm³/mol. The standard InChI is InChI=1S/C18H24N4O2/c1-11-8-7-9-12(2)17(11)19-15(23)10-21(5)18(24)16-13(3)20-22(6)14(16)4/h7-9H,10H2,1-6H3,(H,19,23). The number of anilines is 1. The van der Waals surface area contributed by atoms with Gasteiger partial charge in [0.2, 0.25) is 5.91 Å². The number of nitrogens with zero attached hydrogens (tertiary/aromatic N) is 3. The lowest BCUT2D eigenvalue weighted by Gasteiger charge is -2.18. The van der Waals surface area contributed by atoms with Crippen molar-refractivity contribution in [1.82, 2.24) is 14.7 Å². The number of likely N-dealkylation sites (N-methyl/N-ethyl adjacent to an activating group) is 1. The molecule has 1 N–H and O–H groups in total. The van der Waals surface area contributed by atoms with Crippen molar-refractivity contribution in [2.75, 3.05) is 18.9 Å². The van der Waals surface area contributed by atoms with E-state index in [-0.39, 0.29) is 18.4 Å². The number of para-hydroxylation sites is 1. The normalized spacial score (nSPS) is 10.6. The summed E-state index contributed by atoms with van der Waals surface area (Å²) in [6.45, 7) is 7.52. The van der Waals surface area contributed by atoms with Gasteiger partial charge in [-0.25, -0.2) is 0 Å². The van der Waals surface area contributed by atoms with E-state index in [0.717, 1.165) is 22.5 Å². The fourth-order valence-corrected chi connectivity index (χ4v) is 2.75. The molecule has 0 spiro atoms. The Morgan fingerprint density at radius 3 is 2.25 bits per heavy atom. The number of hydrogen-bond donors (Lipinski definition) is 1. The van der Waals surface area contributed by atoms with Crippen LogP contribution in [0.2, 0.25) is 0 Å². The van der Waals surface area contributed by atoms with Crippen LogP contribution in [-0.4, -0.2) is 40.1 Å². The monoisotopic (exact) mass is 328 g/mol. The molecule has 2 aromatic rings. The Morgan fingerprint density at radius 2 is 1.75 bits per heavy atom. The van der Waals surface area contributed by atoms with Gasteiger partial charge < -0.3 is 10.2 Å². The van der Waals surface area contributed by atoms with Crippen LogP contribution >= 0.6 is 0 Å². The van der Waals surface area contributed by atoms with E-state index in [2.05, 4.69) is 10.4 Å². The molecule has 0 bridgehead atoms. The minimum Gasteiger partial charge on any atom is -0.332 e. The lowest BCUT2D eigenvalue weighted by Crippen LogP contribution is -2.35. The van der Waals surface area contributed by atoms with E-state index in [1.165, 1.54) is 4.90 Å². The van der Waals surface area contributed by atoms with E-state index in [1.54, 1.807) is 25.7 Å². The van der Waals surface area contributed by atoms with Crippen molar-refractivity contribution in [2.24, 2.45) is 7.05 Å². The molecular weight excluding hydrogens is 304 g/mol. The molecule has 0 aliphatic heterocycles. The molecule has 0 saturated heterocycles. The molecule has 1 heterocycles. The average Bonchev–Trinajstić information content (AvgIpc) is 2.75. The first-order chi connectivity index (χ1) is 11.2. The quantitative estimate of drug-likeness (QED) is 0.937. The summed E-state index contributed by atoms with van der Waals surface area (Å²) in [5.41, 5.74) is 4.81. The fraction of sp³-hybridized carbons (Fsp3) is 0.389. The number of nitrogens with one attached hydrogen (secondary N) is 1. The first-order valence-corrected chi connectivity index (χ1v) is 7.84. The Balaban J connectivity index is 2.10. The van der Waals surface area contributed by atoms with Gasteiger partial charge in [0.15, 0.2) is 0 Å². The van der Waals surface area contributed by atoms with Crippen molar-refractivity contribution in [3.8, 4) is 0 Å². The van der Waals surface area contributed by atoms with Crippen molar-refractivity contribution in [3.05, 3.63) is 46.3 Å². The second-order valence-corrected chi connectivity index (χ2v) is 6.15. The van der Waals surface area contributed by atoms with Crippen LogP contribution in [0.3, 0.4) is 0 Å². The van der Waals surface area contributed by atoms with Crippen LogP contribution in [0, 0.1) is 27.7 Å². The van der Waals surface area contributed by atoms with Crippen LogP contribution in [0.15, 0.2) is 18.2 Å². The molecule has 24 heavy (non-hydrogen) atoms. The van der Waals surface area contributed by atoms with E-state index in [1.807, 2.05) is 39.0 Å². The third kappa shape index (κ3) is 3.48. The van der Waals surface area contributed by atoms with E-state index in [9.17, 15) is 9.59 Å². The van der Waals surface area contributed by atoms with E-state index in [4.69, 9.17) is 0 Å². The number of rotatable bonds is 4. The summed E-state index contributed by atoms with van der Waals surface area (Å²) in [6, 6.07) is 5.84. The lowest BCUT2D eigenvalue weighted by atomic mass is 10.1. The molecule has 1 aromatic heterocycles. The number of aromatic nitrogens is 2. The summed E-state index contributed by atoms with van der Waals surface area (Å²) in [6.07, 6.45) is 0. The van der Waals surface area contributed by atoms with Gasteiger partial charge in [-0.1, -0.05) is 18.2 Å². The minimum absolute atomic E-state index is 0.0135. The van der Waals surface area contributed by atoms with Crippen LogP contribution in [0.25, 0.3) is 0 Å². The highest BCUT2D eigenvalue weighted by Gasteiger charge is 2.22. The maximum absolute atomic E-state index is 12.6. The SMILES string of the molecule is Cc1cccc(C)c1NC(=O)CN(C)C(=O)c1c(C)nn(C)c1C. The number of carbonyl (C=O) groups is 2. The Bertz CT molecular complexity index is 772. The lowest BCUT2D eigenvalue weighted by molar-refractivity contribution is -0.116. The van der Waals surface area contributed by atoms with Gasteiger partial charge in [-0.3, -0.25) is 14.3 Å². The Labute approximate surface area is 142 Å². The number of amides is 2. The number of benzene rings is 1. The highest BCUT2D eigenvalue weighted by molar-refractivity contribution is 6.00. The first-order valence-electron chi connectivity index (χ1n) is 7.84. The minimum atomic E-state index is -0.220. The number of hydrogen-bond acceptors (Lipinski definition) is 3. The van der Waals surface area contributed by atoms with Gasteiger partial charge in [0.1, 0.15) is 0 Å². The molecule has 1 aromatic carbocycles. The molecule has 0 saturated carbocycles. The van der Waals surface area contributed by atoms with E-state index in [0.29, 0.717) is 11.3 Å². The maximum Gasteiger partial charge on any atom is 0.257 e. The highest BCUT2D eigenvalue weighted by atomic mass is 16.2. The molecule has 2 rings (SSSR count). The topological polar surface area (TPSA) is 67.2 Å². The zero-order valence-electron chi connectivity index (χ0n) is 15.1. The molecule has 128 valence electrons. The van der Waals surface area contributed by atoms with Crippen molar-refractivity contribution < 1.29 is 9.59 Å². The maximum atomic E-state index is 12.6. The van der Waals surface area contributed by atoms with Crippen LogP contribution in [-0.2, 0) is 11.8 Å². The molecule has 0 aliphatic rings. The Morgan fingerprint density at radius 1 is 1.17 bits per heavy atom. The molecule has 2 amide bonds. The number of aryl methyl sites for hydroxylation is 4. The molecule has 6 nitrogen and oxygen atoms in total. The molecule has 0 aliphatic carbocycles. The van der Waals surface area contributed by atoms with Gasteiger partial charge >= 0.3 is 0 Å². The zero-order valence-corrected chi connectivity index (χ0v) is 15.1. The Kier molecular flexibility index (Phi) is 5.07. The van der Waals surface area contributed by atoms with Crippen LogP contribution in [0.5, 0.6) is 0 Å². The number of carbonyl (C=O) groups excluding carboxylic acids is 2. The first kappa shape index (κ1) is 17.7. The summed E-state index contributed by atoms with van der Waals surface area (Å²) in [7, 11) is 3.42. The third-order valence-corrected chi connectivity index (χ3v) is 4.20. The predicted octanol–water partition coefficient (Wildman–Crippen LogP) is 2.36. The molecule has 0 radical (unpaired) electrons. The summed E-state index contributed by atoms with van der Waals surface area (Å²) < 4.78 is 1.67. The van der Waals surface area contributed by atoms with Gasteiger partial charge in [0.05, 0.1) is 17.8 Å². The van der Waals surface area contributed by atoms with Crippen LogP contribution in [0.1, 0.15) is 32.9 Å². The van der Waals surface area contributed by atoms with Gasteiger partial charge in [-0.2, -0.15) is 5.10 Å². The molecule has 0 unspecified atom stereocenters. The van der Waals surface area contributed by atoms with Gasteiger partial charge in [-0.05, 0) is 38.8 Å². The van der Waals surface area contributed by atoms with Crippen molar-refractivity contribution in [1.29, 1.82) is 0 Å². The van der Waals surface area contributed by atoms with Crippen LogP contribution in [0.4, 0.5) is 5.69 Å². The van der Waals surface area contributed by atoms with E-state index >= 15 is 0 Å². The van der Waals surface area contributed by atoms with Crippen molar-refractivity contribution in [2.45, 2.75) is 27.7 Å². The largest absolute Gasteiger partial charge is 0.332 e. The average molecular weight is 328 g/mol.